The van der Waals surface area contributed by atoms with E-state index in [4.69, 9.17) is 23.2 Å². The van der Waals surface area contributed by atoms with Gasteiger partial charge in [-0.3, -0.25) is 13.9 Å². The molecule has 7 nitrogen and oxygen atoms in total. The number of rotatable bonds is 10. The van der Waals surface area contributed by atoms with Crippen molar-refractivity contribution < 1.29 is 18.0 Å². The molecule has 1 aliphatic carbocycles. The van der Waals surface area contributed by atoms with Crippen molar-refractivity contribution in [3.8, 4) is 0 Å². The summed E-state index contributed by atoms with van der Waals surface area (Å²) in [7, 11) is -3.88. The zero-order chi connectivity index (χ0) is 26.5. The zero-order valence-corrected chi connectivity index (χ0v) is 23.2. The van der Waals surface area contributed by atoms with E-state index in [0.717, 1.165) is 47.4 Å². The summed E-state index contributed by atoms with van der Waals surface area (Å²) in [5, 5.41) is 3.55. The molecule has 0 aliphatic heterocycles. The lowest BCUT2D eigenvalue weighted by Crippen LogP contribution is -2.53. The highest BCUT2D eigenvalue weighted by Crippen LogP contribution is 2.31. The molecule has 0 radical (unpaired) electrons. The van der Waals surface area contributed by atoms with E-state index in [1.165, 1.54) is 23.1 Å². The van der Waals surface area contributed by atoms with E-state index >= 15 is 0 Å². The Balaban J connectivity index is 1.95. The number of carbonyl (C=O) groups is 2. The molecule has 196 valence electrons. The third kappa shape index (κ3) is 7.14. The minimum atomic E-state index is -3.88. The molecule has 1 atom stereocenters. The van der Waals surface area contributed by atoms with Crippen molar-refractivity contribution in [3.63, 3.8) is 0 Å². The van der Waals surface area contributed by atoms with Crippen LogP contribution in [0.3, 0.4) is 0 Å². The zero-order valence-electron chi connectivity index (χ0n) is 20.8. The molecular formula is C26H33Cl2N3O4S. The molecule has 0 unspecified atom stereocenters. The Morgan fingerprint density at radius 1 is 1.11 bits per heavy atom. The molecule has 0 heterocycles. The van der Waals surface area contributed by atoms with Crippen LogP contribution in [0.2, 0.25) is 10.0 Å². The van der Waals surface area contributed by atoms with E-state index in [-0.39, 0.29) is 29.2 Å². The van der Waals surface area contributed by atoms with Crippen molar-refractivity contribution in [3.05, 3.63) is 63.6 Å². The number of benzene rings is 2. The third-order valence-corrected chi connectivity index (χ3v) is 8.21. The Kier molecular flexibility index (Phi) is 9.66. The minimum absolute atomic E-state index is 0.0994. The molecule has 1 N–H and O–H groups in total. The van der Waals surface area contributed by atoms with Crippen molar-refractivity contribution in [1.82, 2.24) is 10.2 Å². The third-order valence-electron chi connectivity index (χ3n) is 6.55. The summed E-state index contributed by atoms with van der Waals surface area (Å²) in [4.78, 5) is 28.6. The second-order valence-corrected chi connectivity index (χ2v) is 12.0. The first-order valence-corrected chi connectivity index (χ1v) is 14.7. The van der Waals surface area contributed by atoms with Crippen molar-refractivity contribution in [1.29, 1.82) is 0 Å². The highest BCUT2D eigenvalue weighted by Gasteiger charge is 2.33. The van der Waals surface area contributed by atoms with E-state index in [1.54, 1.807) is 0 Å². The molecule has 0 bridgehead atoms. The molecule has 0 spiro atoms. The molecule has 2 aromatic rings. The summed E-state index contributed by atoms with van der Waals surface area (Å²) in [5.74, 6) is -0.718. The van der Waals surface area contributed by atoms with Gasteiger partial charge in [0.2, 0.25) is 21.8 Å². The summed E-state index contributed by atoms with van der Waals surface area (Å²) in [6.07, 6.45) is 5.38. The van der Waals surface area contributed by atoms with Gasteiger partial charge in [-0.05, 0) is 55.5 Å². The number of nitrogens with one attached hydrogen (secondary N) is 1. The average Bonchev–Trinajstić information content (AvgIpc) is 3.31. The fourth-order valence-corrected chi connectivity index (χ4v) is 5.96. The average molecular weight is 555 g/mol. The van der Waals surface area contributed by atoms with Crippen LogP contribution in [0.25, 0.3) is 0 Å². The van der Waals surface area contributed by atoms with E-state index in [9.17, 15) is 18.0 Å². The molecule has 1 saturated carbocycles. The van der Waals surface area contributed by atoms with Gasteiger partial charge in [0.25, 0.3) is 0 Å². The van der Waals surface area contributed by atoms with Crippen molar-refractivity contribution >= 4 is 50.7 Å². The first kappa shape index (κ1) is 28.3. The molecule has 1 aliphatic rings. The van der Waals surface area contributed by atoms with Gasteiger partial charge in [-0.1, -0.05) is 67.2 Å². The Bertz CT molecular complexity index is 1200. The van der Waals surface area contributed by atoms with Crippen LogP contribution in [0.5, 0.6) is 0 Å². The SMILES string of the molecule is CC[C@H](C(=O)NC1CCCC1)N(Cc1ccccc1C)C(=O)CN(c1ccc(Cl)cc1Cl)S(C)(=O)=O. The molecular weight excluding hydrogens is 521 g/mol. The second kappa shape index (κ2) is 12.3. The summed E-state index contributed by atoms with van der Waals surface area (Å²) < 4.78 is 26.4. The van der Waals surface area contributed by atoms with Gasteiger partial charge in [0, 0.05) is 17.6 Å². The first-order valence-electron chi connectivity index (χ1n) is 12.1. The van der Waals surface area contributed by atoms with Crippen LogP contribution in [0.1, 0.15) is 50.2 Å². The molecule has 0 saturated heterocycles. The Labute approximate surface area is 223 Å². The van der Waals surface area contributed by atoms with Crippen molar-refractivity contribution in [2.75, 3.05) is 17.1 Å². The largest absolute Gasteiger partial charge is 0.352 e. The van der Waals surface area contributed by atoms with Gasteiger partial charge in [-0.2, -0.15) is 0 Å². The standard InChI is InChI=1S/C26H33Cl2N3O4S/c1-4-23(26(33)29-21-11-7-8-12-21)30(16-19-10-6-5-9-18(19)2)25(32)17-31(36(3,34)35)24-14-13-20(27)15-22(24)28/h5-6,9-10,13-15,21,23H,4,7-8,11-12,16-17H2,1-3H3,(H,29,33)/t23-/m1/s1. The molecule has 3 rings (SSSR count). The van der Waals surface area contributed by atoms with Gasteiger partial charge in [0.15, 0.2) is 0 Å². The molecule has 2 amide bonds. The van der Waals surface area contributed by atoms with Gasteiger partial charge in [0.05, 0.1) is 17.0 Å². The van der Waals surface area contributed by atoms with E-state index in [2.05, 4.69) is 5.32 Å². The number of carbonyl (C=O) groups excluding carboxylic acids is 2. The number of hydrogen-bond acceptors (Lipinski definition) is 4. The van der Waals surface area contributed by atoms with Crippen LogP contribution in [0.4, 0.5) is 5.69 Å². The van der Waals surface area contributed by atoms with Gasteiger partial charge in [-0.25, -0.2) is 8.42 Å². The normalized spacial score (nSPS) is 14.9. The number of nitrogens with zero attached hydrogens (tertiary/aromatic N) is 2. The fraction of sp³-hybridized carbons (Fsp3) is 0.462. The van der Waals surface area contributed by atoms with Crippen molar-refractivity contribution in [2.45, 2.75) is 64.6 Å². The quantitative estimate of drug-likeness (QED) is 0.451. The van der Waals surface area contributed by atoms with Gasteiger partial charge < -0.3 is 10.2 Å². The summed E-state index contributed by atoms with van der Waals surface area (Å²) in [6.45, 7) is 3.46. The van der Waals surface area contributed by atoms with Crippen molar-refractivity contribution in [2.24, 2.45) is 0 Å². The molecule has 10 heteroatoms. The van der Waals surface area contributed by atoms with Crippen LogP contribution in [-0.2, 0) is 26.2 Å². The monoisotopic (exact) mass is 553 g/mol. The number of sulfonamides is 1. The number of aryl methyl sites for hydroxylation is 1. The molecule has 2 aromatic carbocycles. The predicted octanol–water partition coefficient (Wildman–Crippen LogP) is 4.93. The summed E-state index contributed by atoms with van der Waals surface area (Å²) in [5.41, 5.74) is 2.01. The van der Waals surface area contributed by atoms with Gasteiger partial charge >= 0.3 is 0 Å². The van der Waals surface area contributed by atoms with Gasteiger partial charge in [-0.15, -0.1) is 0 Å². The Morgan fingerprint density at radius 3 is 2.36 bits per heavy atom. The Hall–Kier alpha value is -2.29. The van der Waals surface area contributed by atoms with E-state index < -0.39 is 28.5 Å². The molecule has 36 heavy (non-hydrogen) atoms. The first-order chi connectivity index (χ1) is 17.0. The molecule has 0 aromatic heterocycles. The lowest BCUT2D eigenvalue weighted by atomic mass is 10.1. The number of amides is 2. The Morgan fingerprint density at radius 2 is 1.78 bits per heavy atom. The lowest BCUT2D eigenvalue weighted by molar-refractivity contribution is -0.140. The van der Waals surface area contributed by atoms with Crippen LogP contribution in [0.15, 0.2) is 42.5 Å². The maximum Gasteiger partial charge on any atom is 0.244 e. The predicted molar refractivity (Wildman–Crippen MR) is 145 cm³/mol. The highest BCUT2D eigenvalue weighted by molar-refractivity contribution is 7.92. The van der Waals surface area contributed by atoms with Crippen LogP contribution >= 0.6 is 23.2 Å². The summed E-state index contributed by atoms with van der Waals surface area (Å²) >= 11 is 12.3. The second-order valence-electron chi connectivity index (χ2n) is 9.23. The number of anilines is 1. The maximum atomic E-state index is 13.8. The number of hydrogen-bond donors (Lipinski definition) is 1. The van der Waals surface area contributed by atoms with Gasteiger partial charge in [0.1, 0.15) is 12.6 Å². The van der Waals surface area contributed by atoms with Crippen LogP contribution in [-0.4, -0.2) is 50.0 Å². The minimum Gasteiger partial charge on any atom is -0.352 e. The summed E-state index contributed by atoms with van der Waals surface area (Å²) in [6, 6.07) is 11.4. The van der Waals surface area contributed by atoms with E-state index in [0.29, 0.717) is 11.4 Å². The fourth-order valence-electron chi connectivity index (χ4n) is 4.54. The topological polar surface area (TPSA) is 86.8 Å². The molecule has 1 fully saturated rings. The van der Waals surface area contributed by atoms with Crippen LogP contribution < -0.4 is 9.62 Å². The smallest absolute Gasteiger partial charge is 0.244 e. The maximum absolute atomic E-state index is 13.8. The number of halogens is 2. The highest BCUT2D eigenvalue weighted by atomic mass is 35.5. The van der Waals surface area contributed by atoms with Crippen LogP contribution in [0, 0.1) is 6.92 Å². The van der Waals surface area contributed by atoms with E-state index in [1.807, 2.05) is 38.1 Å². The lowest BCUT2D eigenvalue weighted by Gasteiger charge is -2.34.